The van der Waals surface area contributed by atoms with Crippen LogP contribution in [0.4, 0.5) is 13.2 Å². The van der Waals surface area contributed by atoms with Crippen LogP contribution in [0.25, 0.3) is 0 Å². The van der Waals surface area contributed by atoms with Crippen LogP contribution >= 0.6 is 11.8 Å². The molecule has 4 nitrogen and oxygen atoms in total. The minimum absolute atomic E-state index is 0.0378. The molecular weight excluding hydrogens is 353 g/mol. The first-order valence-corrected chi connectivity index (χ1v) is 9.29. The third kappa shape index (κ3) is 5.14. The van der Waals surface area contributed by atoms with Gasteiger partial charge in [0.2, 0.25) is 11.8 Å². The lowest BCUT2D eigenvalue weighted by Gasteiger charge is -2.26. The van der Waals surface area contributed by atoms with E-state index < -0.39 is 17.8 Å². The number of nitrogens with one attached hydrogen (secondary N) is 1. The van der Waals surface area contributed by atoms with Crippen LogP contribution in [0.15, 0.2) is 24.3 Å². The number of nitrogens with zero attached hydrogens (tertiary/aromatic N) is 1. The number of alkyl halides is 3. The Hall–Kier alpha value is -1.70. The molecule has 0 radical (unpaired) electrons. The Labute approximate surface area is 149 Å². The van der Waals surface area contributed by atoms with Crippen molar-refractivity contribution >= 4 is 23.6 Å². The summed E-state index contributed by atoms with van der Waals surface area (Å²) in [6, 6.07) is 4.22. The molecule has 2 atom stereocenters. The molecule has 8 heteroatoms. The average molecular weight is 374 g/mol. The minimum atomic E-state index is -4.46. The van der Waals surface area contributed by atoms with Crippen molar-refractivity contribution in [2.75, 3.05) is 19.3 Å². The van der Waals surface area contributed by atoms with E-state index in [4.69, 9.17) is 0 Å². The third-order valence-corrected chi connectivity index (χ3v) is 5.15. The van der Waals surface area contributed by atoms with E-state index in [9.17, 15) is 22.8 Å². The van der Waals surface area contributed by atoms with Crippen LogP contribution in [0.1, 0.15) is 36.9 Å². The van der Waals surface area contributed by atoms with E-state index in [0.29, 0.717) is 18.5 Å². The number of likely N-dealkylation sites (tertiary alicyclic amines) is 1. The number of benzene rings is 1. The quantitative estimate of drug-likeness (QED) is 0.832. The summed E-state index contributed by atoms with van der Waals surface area (Å²) in [6.07, 6.45) is -1.51. The average Bonchev–Trinajstić information content (AvgIpc) is 2.97. The van der Waals surface area contributed by atoms with Crippen molar-refractivity contribution in [1.82, 2.24) is 10.2 Å². The molecular formula is C17H21F3N2O2S. The molecule has 1 aromatic rings. The highest BCUT2D eigenvalue weighted by atomic mass is 32.2. The summed E-state index contributed by atoms with van der Waals surface area (Å²) < 4.78 is 39.0. The maximum absolute atomic E-state index is 13.0. The normalized spacial score (nSPS) is 17.5. The van der Waals surface area contributed by atoms with Crippen LogP contribution in [-0.2, 0) is 15.8 Å². The summed E-state index contributed by atoms with van der Waals surface area (Å²) in [7, 11) is 0. The fraction of sp³-hybridized carbons (Fsp3) is 0.529. The Morgan fingerprint density at radius 1 is 1.40 bits per heavy atom. The fourth-order valence-corrected chi connectivity index (χ4v) is 2.96. The SMILES string of the molecule is CS[C@H](C)C(=O)N[C@@H](CN1CCCC1=O)c1cccc(C(F)(F)F)c1. The highest BCUT2D eigenvalue weighted by Gasteiger charge is 2.32. The first-order chi connectivity index (χ1) is 11.7. The lowest BCUT2D eigenvalue weighted by atomic mass is 10.0. The molecule has 2 rings (SSSR count). The zero-order chi connectivity index (χ0) is 18.6. The van der Waals surface area contributed by atoms with Gasteiger partial charge in [-0.3, -0.25) is 9.59 Å². The number of amides is 2. The second-order valence-corrected chi connectivity index (χ2v) is 7.18. The minimum Gasteiger partial charge on any atom is -0.347 e. The molecule has 25 heavy (non-hydrogen) atoms. The smallest absolute Gasteiger partial charge is 0.347 e. The van der Waals surface area contributed by atoms with E-state index in [1.54, 1.807) is 24.1 Å². The summed E-state index contributed by atoms with van der Waals surface area (Å²) in [6.45, 7) is 2.46. The van der Waals surface area contributed by atoms with Gasteiger partial charge in [-0.25, -0.2) is 0 Å². The topological polar surface area (TPSA) is 49.4 Å². The van der Waals surface area contributed by atoms with Gasteiger partial charge in [0.15, 0.2) is 0 Å². The van der Waals surface area contributed by atoms with Crippen molar-refractivity contribution in [1.29, 1.82) is 0 Å². The van der Waals surface area contributed by atoms with E-state index in [1.165, 1.54) is 17.8 Å². The van der Waals surface area contributed by atoms with Gasteiger partial charge in [0.25, 0.3) is 0 Å². The van der Waals surface area contributed by atoms with Gasteiger partial charge in [-0.15, -0.1) is 0 Å². The van der Waals surface area contributed by atoms with E-state index in [-0.39, 0.29) is 23.6 Å². The first kappa shape index (κ1) is 19.6. The maximum Gasteiger partial charge on any atom is 0.416 e. The number of thioether (sulfide) groups is 1. The zero-order valence-corrected chi connectivity index (χ0v) is 14.9. The van der Waals surface area contributed by atoms with Gasteiger partial charge in [-0.05, 0) is 37.3 Å². The second kappa shape index (κ2) is 8.12. The van der Waals surface area contributed by atoms with Gasteiger partial charge in [-0.2, -0.15) is 24.9 Å². The van der Waals surface area contributed by atoms with E-state index in [2.05, 4.69) is 5.32 Å². The molecule has 0 aromatic heterocycles. The van der Waals surface area contributed by atoms with Crippen LogP contribution in [0.5, 0.6) is 0 Å². The van der Waals surface area contributed by atoms with Crippen LogP contribution < -0.4 is 5.32 Å². The Kier molecular flexibility index (Phi) is 6.37. The highest BCUT2D eigenvalue weighted by Crippen LogP contribution is 2.31. The number of hydrogen-bond acceptors (Lipinski definition) is 3. The van der Waals surface area contributed by atoms with E-state index in [0.717, 1.165) is 18.6 Å². The van der Waals surface area contributed by atoms with Gasteiger partial charge in [0.1, 0.15) is 0 Å². The molecule has 1 N–H and O–H groups in total. The first-order valence-electron chi connectivity index (χ1n) is 8.00. The summed E-state index contributed by atoms with van der Waals surface area (Å²) in [5.74, 6) is -0.300. The molecule has 0 spiro atoms. The Bertz CT molecular complexity index is 637. The molecule has 0 unspecified atom stereocenters. The van der Waals surface area contributed by atoms with Crippen LogP contribution in [0.2, 0.25) is 0 Å². The van der Waals surface area contributed by atoms with Gasteiger partial charge < -0.3 is 10.2 Å². The van der Waals surface area contributed by atoms with Gasteiger partial charge >= 0.3 is 6.18 Å². The van der Waals surface area contributed by atoms with E-state index in [1.807, 2.05) is 0 Å². The summed E-state index contributed by atoms with van der Waals surface area (Å²) in [5.41, 5.74) is -0.425. The van der Waals surface area contributed by atoms with Crippen molar-refractivity contribution in [3.05, 3.63) is 35.4 Å². The number of carbonyl (C=O) groups excluding carboxylic acids is 2. The predicted molar refractivity (Wildman–Crippen MR) is 91.1 cm³/mol. The Balaban J connectivity index is 2.27. The van der Waals surface area contributed by atoms with Crippen LogP contribution in [-0.4, -0.2) is 41.3 Å². The van der Waals surface area contributed by atoms with E-state index >= 15 is 0 Å². The molecule has 1 fully saturated rings. The van der Waals surface area contributed by atoms with Crippen molar-refractivity contribution in [3.63, 3.8) is 0 Å². The number of rotatable bonds is 6. The summed E-state index contributed by atoms with van der Waals surface area (Å²) in [4.78, 5) is 25.7. The van der Waals surface area contributed by atoms with Gasteiger partial charge in [0.05, 0.1) is 16.9 Å². The number of halogens is 3. The molecule has 1 heterocycles. The van der Waals surface area contributed by atoms with Crippen molar-refractivity contribution in [2.45, 2.75) is 37.2 Å². The van der Waals surface area contributed by atoms with Crippen LogP contribution in [0, 0.1) is 0 Å². The molecule has 1 aliphatic heterocycles. The van der Waals surface area contributed by atoms with Crippen molar-refractivity contribution < 1.29 is 22.8 Å². The highest BCUT2D eigenvalue weighted by molar-refractivity contribution is 7.99. The second-order valence-electron chi connectivity index (χ2n) is 6.01. The molecule has 1 saturated heterocycles. The van der Waals surface area contributed by atoms with Crippen LogP contribution in [0.3, 0.4) is 0 Å². The monoisotopic (exact) mass is 374 g/mol. The standard InChI is InChI=1S/C17H21F3N2O2S/c1-11(25-2)16(24)21-14(10-22-8-4-7-15(22)23)12-5-3-6-13(9-12)17(18,19)20/h3,5-6,9,11,14H,4,7-8,10H2,1-2H3,(H,21,24)/t11-,14+/m1/s1. The molecule has 1 aliphatic rings. The molecule has 0 bridgehead atoms. The van der Waals surface area contributed by atoms with Gasteiger partial charge in [-0.1, -0.05) is 12.1 Å². The van der Waals surface area contributed by atoms with Crippen molar-refractivity contribution in [3.8, 4) is 0 Å². The van der Waals surface area contributed by atoms with Crippen molar-refractivity contribution in [2.24, 2.45) is 0 Å². The molecule has 138 valence electrons. The number of hydrogen-bond donors (Lipinski definition) is 1. The fourth-order valence-electron chi connectivity index (χ4n) is 2.68. The Morgan fingerprint density at radius 2 is 2.12 bits per heavy atom. The molecule has 1 aromatic carbocycles. The zero-order valence-electron chi connectivity index (χ0n) is 14.1. The molecule has 2 amide bonds. The summed E-state index contributed by atoms with van der Waals surface area (Å²) >= 11 is 1.35. The largest absolute Gasteiger partial charge is 0.416 e. The van der Waals surface area contributed by atoms with Gasteiger partial charge in [0, 0.05) is 19.5 Å². The molecule has 0 saturated carbocycles. The molecule has 0 aliphatic carbocycles. The maximum atomic E-state index is 13.0. The lowest BCUT2D eigenvalue weighted by Crippen LogP contribution is -2.41. The third-order valence-electron chi connectivity index (χ3n) is 4.23. The predicted octanol–water partition coefficient (Wildman–Crippen LogP) is 3.24. The Morgan fingerprint density at radius 3 is 2.68 bits per heavy atom. The lowest BCUT2D eigenvalue weighted by molar-refractivity contribution is -0.137. The summed E-state index contributed by atoms with van der Waals surface area (Å²) in [5, 5.41) is 2.46. The number of carbonyl (C=O) groups is 2.